The molecule has 8 atom stereocenters. The zero-order valence-electron chi connectivity index (χ0n) is 21.0. The van der Waals surface area contributed by atoms with Gasteiger partial charge >= 0.3 is 0 Å². The Balaban J connectivity index is 1.30. The molecule has 3 heterocycles. The summed E-state index contributed by atoms with van der Waals surface area (Å²) in [7, 11) is 3.81. The van der Waals surface area contributed by atoms with Gasteiger partial charge in [-0.15, -0.1) is 0 Å². The van der Waals surface area contributed by atoms with Crippen molar-refractivity contribution in [2.24, 2.45) is 11.3 Å². The van der Waals surface area contributed by atoms with E-state index in [1.807, 2.05) is 31.1 Å². The van der Waals surface area contributed by atoms with Crippen molar-refractivity contribution in [1.82, 2.24) is 9.88 Å². The van der Waals surface area contributed by atoms with Gasteiger partial charge in [0.25, 0.3) is 6.01 Å². The number of alkyl halides is 1. The first-order valence-corrected chi connectivity index (χ1v) is 13.0. The number of benzene rings is 1. The monoisotopic (exact) mass is 495 g/mol. The predicted octanol–water partition coefficient (Wildman–Crippen LogP) is 3.61. The van der Waals surface area contributed by atoms with Gasteiger partial charge in [0.2, 0.25) is 0 Å². The van der Waals surface area contributed by atoms with Gasteiger partial charge in [0, 0.05) is 12.0 Å². The van der Waals surface area contributed by atoms with Gasteiger partial charge in [0.15, 0.2) is 11.3 Å². The summed E-state index contributed by atoms with van der Waals surface area (Å²) < 4.78 is 29.7. The van der Waals surface area contributed by atoms with Gasteiger partial charge in [0.1, 0.15) is 17.2 Å². The highest BCUT2D eigenvalue weighted by Gasteiger charge is 2.74. The number of nitrogens with two attached hydrogens (primary N) is 1. The Hall–Kier alpha value is -2.26. The summed E-state index contributed by atoms with van der Waals surface area (Å²) in [6.07, 6.45) is 5.35. The predicted molar refractivity (Wildman–Crippen MR) is 134 cm³/mol. The van der Waals surface area contributed by atoms with Crippen LogP contribution in [0.15, 0.2) is 40.3 Å². The number of hydrogen-bond donors (Lipinski definition) is 3. The molecule has 2 spiro atoms. The van der Waals surface area contributed by atoms with Gasteiger partial charge in [-0.3, -0.25) is 0 Å². The van der Waals surface area contributed by atoms with E-state index in [9.17, 15) is 10.2 Å². The highest BCUT2D eigenvalue weighted by atomic mass is 19.1. The minimum absolute atomic E-state index is 0.0341. The van der Waals surface area contributed by atoms with E-state index in [0.717, 1.165) is 17.5 Å². The number of nitrogen functional groups attached to an aromatic ring is 1. The molecule has 7 nitrogen and oxygen atoms in total. The number of likely N-dealkylation sites (N-methyl/N-ethyl adjacent to an activating group) is 1. The molecule has 1 aromatic carbocycles. The molecule has 5 aliphatic rings. The second-order valence-corrected chi connectivity index (χ2v) is 12.2. The van der Waals surface area contributed by atoms with Crippen molar-refractivity contribution in [3.63, 3.8) is 0 Å². The summed E-state index contributed by atoms with van der Waals surface area (Å²) in [6.45, 7) is 2.25. The molecule has 0 amide bonds. The number of rotatable bonds is 2. The first-order chi connectivity index (χ1) is 17.0. The van der Waals surface area contributed by atoms with Crippen LogP contribution in [0.4, 0.5) is 10.4 Å². The molecule has 4 N–H and O–H groups in total. The van der Waals surface area contributed by atoms with Crippen LogP contribution in [0.3, 0.4) is 0 Å². The highest BCUT2D eigenvalue weighted by Crippen LogP contribution is 2.71. The number of allylic oxidation sites excluding steroid dienone is 2. The lowest BCUT2D eigenvalue weighted by Gasteiger charge is -2.60. The summed E-state index contributed by atoms with van der Waals surface area (Å²) in [5, 5.41) is 21.9. The Morgan fingerprint density at radius 3 is 2.75 bits per heavy atom. The number of aromatic nitrogens is 1. The standard InChI is InChI=1S/C28H34FN3O4/c1-25-8-10-27(29)13-17-22(33)23(34)19(32(2)3)14-26(17)9-11-28(27,36-26)21(25)7-5-16(25)15-4-6-18-20(12-15)35-24(30)31-18/h4-6,12-13,19,21-23,33-34H,7-11,14H2,1-3H3,(H2,30,31)/t19-,21?,22+,23+,25+,26+,27?,28-/m0/s1. The molecular formula is C28H34FN3O4. The number of nitrogens with zero attached hydrogens (tertiary/aromatic N) is 2. The third-order valence-electron chi connectivity index (χ3n) is 10.4. The molecule has 2 saturated carbocycles. The number of fused-ring (bicyclic) bond motifs is 2. The van der Waals surface area contributed by atoms with E-state index in [2.05, 4.69) is 24.1 Å². The maximum atomic E-state index is 17.1. The molecule has 7 rings (SSSR count). The van der Waals surface area contributed by atoms with Crippen LogP contribution in [-0.2, 0) is 4.74 Å². The topological polar surface area (TPSA) is 105 Å². The largest absolute Gasteiger partial charge is 0.424 e. The van der Waals surface area contributed by atoms with Gasteiger partial charge in [-0.05, 0) is 93.0 Å². The van der Waals surface area contributed by atoms with Gasteiger partial charge in [0.05, 0.1) is 11.7 Å². The van der Waals surface area contributed by atoms with Crippen molar-refractivity contribution in [2.75, 3.05) is 19.8 Å². The van der Waals surface area contributed by atoms with Gasteiger partial charge in [-0.2, -0.15) is 4.98 Å². The summed E-state index contributed by atoms with van der Waals surface area (Å²) in [4.78, 5) is 6.16. The Kier molecular flexibility index (Phi) is 4.44. The van der Waals surface area contributed by atoms with Crippen molar-refractivity contribution < 1.29 is 23.8 Å². The molecular weight excluding hydrogens is 461 g/mol. The smallest absolute Gasteiger partial charge is 0.292 e. The van der Waals surface area contributed by atoms with Crippen LogP contribution < -0.4 is 5.73 Å². The number of hydrogen-bond acceptors (Lipinski definition) is 7. The van der Waals surface area contributed by atoms with Crippen molar-refractivity contribution >= 4 is 22.7 Å². The van der Waals surface area contributed by atoms with E-state index in [1.165, 1.54) is 5.57 Å². The van der Waals surface area contributed by atoms with E-state index in [0.29, 0.717) is 43.3 Å². The highest BCUT2D eigenvalue weighted by molar-refractivity contribution is 5.82. The van der Waals surface area contributed by atoms with Crippen molar-refractivity contribution in [3.05, 3.63) is 41.5 Å². The number of oxazole rings is 1. The molecule has 8 heteroatoms. The second-order valence-electron chi connectivity index (χ2n) is 12.2. The van der Waals surface area contributed by atoms with Crippen LogP contribution in [0.2, 0.25) is 0 Å². The minimum atomic E-state index is -1.68. The zero-order valence-corrected chi connectivity index (χ0v) is 21.0. The van der Waals surface area contributed by atoms with Crippen LogP contribution in [0.5, 0.6) is 0 Å². The van der Waals surface area contributed by atoms with Gasteiger partial charge < -0.3 is 30.0 Å². The SMILES string of the molecule is CN(C)[C@H]1C[C@@]23CC[C@]4(O2)C2CC=C(c5ccc6nc(N)oc6c5)[C@@]2(C)CCC4(F)C=C3[C@@H](O)[C@@H]1O. The molecule has 192 valence electrons. The first-order valence-electron chi connectivity index (χ1n) is 13.0. The summed E-state index contributed by atoms with van der Waals surface area (Å²) in [5.74, 6) is -0.0341. The Morgan fingerprint density at radius 1 is 1.17 bits per heavy atom. The van der Waals surface area contributed by atoms with E-state index in [4.69, 9.17) is 14.9 Å². The van der Waals surface area contributed by atoms with Crippen LogP contribution in [0.1, 0.15) is 51.0 Å². The molecule has 0 radical (unpaired) electrons. The van der Waals surface area contributed by atoms with Gasteiger partial charge in [-0.25, -0.2) is 4.39 Å². The fourth-order valence-electron chi connectivity index (χ4n) is 8.54. The fourth-order valence-corrected chi connectivity index (χ4v) is 8.54. The molecule has 1 saturated heterocycles. The summed E-state index contributed by atoms with van der Waals surface area (Å²) >= 11 is 0. The van der Waals surface area contributed by atoms with E-state index in [1.54, 1.807) is 6.08 Å². The third kappa shape index (κ3) is 2.63. The van der Waals surface area contributed by atoms with Crippen LogP contribution in [0.25, 0.3) is 16.7 Å². The molecule has 3 fully saturated rings. The Labute approximate surface area is 209 Å². The number of aliphatic hydroxyl groups excluding tert-OH is 2. The van der Waals surface area contributed by atoms with E-state index < -0.39 is 29.1 Å². The van der Waals surface area contributed by atoms with Crippen molar-refractivity contribution in [3.8, 4) is 0 Å². The lowest BCUT2D eigenvalue weighted by atomic mass is 9.53. The lowest BCUT2D eigenvalue weighted by molar-refractivity contribution is -0.239. The molecule has 2 bridgehead atoms. The molecule has 1 aromatic heterocycles. The lowest BCUT2D eigenvalue weighted by Crippen LogP contribution is -2.68. The summed E-state index contributed by atoms with van der Waals surface area (Å²) in [6, 6.07) is 5.86. The summed E-state index contributed by atoms with van der Waals surface area (Å²) in [5.41, 5.74) is 6.30. The Morgan fingerprint density at radius 2 is 1.97 bits per heavy atom. The van der Waals surface area contributed by atoms with Crippen LogP contribution in [-0.4, -0.2) is 69.3 Å². The molecule has 2 aromatic rings. The molecule has 3 aliphatic carbocycles. The van der Waals surface area contributed by atoms with Crippen molar-refractivity contribution in [1.29, 1.82) is 0 Å². The molecule has 36 heavy (non-hydrogen) atoms. The zero-order chi connectivity index (χ0) is 25.3. The quantitative estimate of drug-likeness (QED) is 0.547. The van der Waals surface area contributed by atoms with Gasteiger partial charge in [-0.1, -0.05) is 19.1 Å². The first kappa shape index (κ1) is 22.9. The second kappa shape index (κ2) is 6.98. The fraction of sp³-hybridized carbons (Fsp3) is 0.607. The maximum Gasteiger partial charge on any atom is 0.292 e. The minimum Gasteiger partial charge on any atom is -0.424 e. The van der Waals surface area contributed by atoms with E-state index in [-0.39, 0.29) is 23.4 Å². The number of ether oxygens (including phenoxy) is 1. The van der Waals surface area contributed by atoms with E-state index >= 15 is 4.39 Å². The average molecular weight is 496 g/mol. The average Bonchev–Trinajstić information content (AvgIpc) is 3.49. The number of aliphatic hydroxyl groups is 2. The normalized spacial score (nSPS) is 45.3. The molecule has 2 unspecified atom stereocenters. The van der Waals surface area contributed by atoms with Crippen molar-refractivity contribution in [2.45, 2.75) is 80.6 Å². The third-order valence-corrected chi connectivity index (χ3v) is 10.4. The Bertz CT molecular complexity index is 1340. The number of anilines is 1. The number of halogens is 1. The van der Waals surface area contributed by atoms with Crippen LogP contribution >= 0.6 is 0 Å². The maximum absolute atomic E-state index is 17.1. The van der Waals surface area contributed by atoms with Crippen LogP contribution in [0, 0.1) is 11.3 Å². The molecule has 2 aliphatic heterocycles.